The molecule has 1 saturated heterocycles. The zero-order valence-corrected chi connectivity index (χ0v) is 13.1. The molecule has 4 rings (SSSR count). The molecule has 4 heterocycles. The van der Waals surface area contributed by atoms with Crippen LogP contribution < -0.4 is 5.56 Å². The quantitative estimate of drug-likeness (QED) is 0.707. The van der Waals surface area contributed by atoms with Crippen LogP contribution in [0.3, 0.4) is 0 Å². The molecule has 0 radical (unpaired) electrons. The predicted molar refractivity (Wildman–Crippen MR) is 87.0 cm³/mol. The summed E-state index contributed by atoms with van der Waals surface area (Å²) in [4.78, 5) is 18.5. The van der Waals surface area contributed by atoms with Gasteiger partial charge in [-0.05, 0) is 18.2 Å². The summed E-state index contributed by atoms with van der Waals surface area (Å²) in [7, 11) is 0. The Balaban J connectivity index is 1.41. The minimum Gasteiger partial charge on any atom is -0.364 e. The molecule has 0 N–H and O–H groups in total. The molecule has 7 nitrogen and oxygen atoms in total. The molecule has 0 spiro atoms. The van der Waals surface area contributed by atoms with Crippen LogP contribution >= 0.6 is 0 Å². The fourth-order valence-electron chi connectivity index (χ4n) is 2.98. The van der Waals surface area contributed by atoms with E-state index in [0.29, 0.717) is 12.5 Å². The second-order valence-corrected chi connectivity index (χ2v) is 6.07. The maximum absolute atomic E-state index is 12.1. The van der Waals surface area contributed by atoms with Crippen LogP contribution in [0.2, 0.25) is 0 Å². The van der Waals surface area contributed by atoms with Crippen LogP contribution in [0.1, 0.15) is 5.56 Å². The average Bonchev–Trinajstić information content (AvgIpc) is 3.08. The van der Waals surface area contributed by atoms with Crippen LogP contribution in [0.5, 0.6) is 0 Å². The van der Waals surface area contributed by atoms with E-state index in [4.69, 9.17) is 4.52 Å². The van der Waals surface area contributed by atoms with Gasteiger partial charge in [0.15, 0.2) is 0 Å². The summed E-state index contributed by atoms with van der Waals surface area (Å²) >= 11 is 0. The zero-order valence-electron chi connectivity index (χ0n) is 13.1. The van der Waals surface area contributed by atoms with Crippen LogP contribution in [0.4, 0.5) is 0 Å². The molecule has 1 aliphatic rings. The Hall–Kier alpha value is -2.80. The van der Waals surface area contributed by atoms with Gasteiger partial charge in [0.05, 0.1) is 18.4 Å². The maximum Gasteiger partial charge on any atom is 0.266 e. The van der Waals surface area contributed by atoms with Gasteiger partial charge in [0, 0.05) is 55.1 Å². The van der Waals surface area contributed by atoms with Crippen molar-refractivity contribution in [1.82, 2.24) is 24.8 Å². The van der Waals surface area contributed by atoms with Crippen LogP contribution in [0.25, 0.3) is 11.3 Å². The summed E-state index contributed by atoms with van der Waals surface area (Å²) in [5.41, 5.74) is 2.68. The lowest BCUT2D eigenvalue weighted by Gasteiger charge is -2.38. The molecule has 3 aromatic rings. The summed E-state index contributed by atoms with van der Waals surface area (Å²) < 4.78 is 6.40. The van der Waals surface area contributed by atoms with E-state index in [0.717, 1.165) is 36.5 Å². The molecule has 0 unspecified atom stereocenters. The highest BCUT2D eigenvalue weighted by molar-refractivity contribution is 5.56. The lowest BCUT2D eigenvalue weighted by Crippen LogP contribution is -2.48. The van der Waals surface area contributed by atoms with Gasteiger partial charge in [-0.15, -0.1) is 0 Å². The SMILES string of the molecule is O=c1ccc(-c2cccnc2)nn1CC1CN(Cc2cnoc2)C1. The number of hydrogen-bond donors (Lipinski definition) is 0. The third-order valence-electron chi connectivity index (χ3n) is 4.18. The minimum absolute atomic E-state index is 0.0693. The molecule has 0 atom stereocenters. The van der Waals surface area contributed by atoms with Crippen molar-refractivity contribution in [2.75, 3.05) is 13.1 Å². The van der Waals surface area contributed by atoms with Crippen molar-refractivity contribution in [1.29, 1.82) is 0 Å². The Morgan fingerprint density at radius 3 is 2.88 bits per heavy atom. The summed E-state index contributed by atoms with van der Waals surface area (Å²) in [6, 6.07) is 7.12. The monoisotopic (exact) mass is 323 g/mol. The van der Waals surface area contributed by atoms with Crippen molar-refractivity contribution in [2.24, 2.45) is 5.92 Å². The fraction of sp³-hybridized carbons (Fsp3) is 0.294. The van der Waals surface area contributed by atoms with Gasteiger partial charge < -0.3 is 4.52 Å². The van der Waals surface area contributed by atoms with Crippen molar-refractivity contribution < 1.29 is 4.52 Å². The molecule has 0 aromatic carbocycles. The van der Waals surface area contributed by atoms with Crippen molar-refractivity contribution in [3.8, 4) is 11.3 Å². The highest BCUT2D eigenvalue weighted by Crippen LogP contribution is 2.20. The molecule has 3 aromatic heterocycles. The first-order valence-corrected chi connectivity index (χ1v) is 7.87. The molecule has 1 fully saturated rings. The van der Waals surface area contributed by atoms with E-state index in [1.807, 2.05) is 12.1 Å². The fourth-order valence-corrected chi connectivity index (χ4v) is 2.98. The van der Waals surface area contributed by atoms with Crippen molar-refractivity contribution in [2.45, 2.75) is 13.1 Å². The molecule has 24 heavy (non-hydrogen) atoms. The van der Waals surface area contributed by atoms with E-state index in [1.54, 1.807) is 41.7 Å². The van der Waals surface area contributed by atoms with Gasteiger partial charge in [-0.3, -0.25) is 14.7 Å². The lowest BCUT2D eigenvalue weighted by molar-refractivity contribution is 0.0765. The number of pyridine rings is 1. The first kappa shape index (κ1) is 14.8. The van der Waals surface area contributed by atoms with Gasteiger partial charge in [-0.2, -0.15) is 5.10 Å². The van der Waals surface area contributed by atoms with Crippen molar-refractivity contribution >= 4 is 0 Å². The average molecular weight is 323 g/mol. The number of likely N-dealkylation sites (tertiary alicyclic amines) is 1. The van der Waals surface area contributed by atoms with Crippen LogP contribution in [-0.4, -0.2) is 37.9 Å². The summed E-state index contributed by atoms with van der Waals surface area (Å²) in [5, 5.41) is 8.19. The maximum atomic E-state index is 12.1. The third kappa shape index (κ3) is 3.11. The van der Waals surface area contributed by atoms with Gasteiger partial charge in [0.2, 0.25) is 0 Å². The van der Waals surface area contributed by atoms with Gasteiger partial charge in [-0.1, -0.05) is 5.16 Å². The van der Waals surface area contributed by atoms with Gasteiger partial charge >= 0.3 is 0 Å². The predicted octanol–water partition coefficient (Wildman–Crippen LogP) is 1.43. The topological polar surface area (TPSA) is 77.1 Å². The van der Waals surface area contributed by atoms with E-state index in [2.05, 4.69) is 20.1 Å². The largest absolute Gasteiger partial charge is 0.364 e. The Labute approximate surface area is 138 Å². The highest BCUT2D eigenvalue weighted by atomic mass is 16.5. The van der Waals surface area contributed by atoms with E-state index in [-0.39, 0.29) is 5.56 Å². The second-order valence-electron chi connectivity index (χ2n) is 6.07. The molecule has 0 saturated carbocycles. The van der Waals surface area contributed by atoms with E-state index in [9.17, 15) is 4.79 Å². The van der Waals surface area contributed by atoms with Crippen molar-refractivity contribution in [3.05, 3.63) is 65.0 Å². The van der Waals surface area contributed by atoms with E-state index in [1.165, 1.54) is 0 Å². The molecule has 1 aliphatic heterocycles. The molecule has 0 bridgehead atoms. The summed E-state index contributed by atoms with van der Waals surface area (Å²) in [6.45, 7) is 3.35. The van der Waals surface area contributed by atoms with Crippen LogP contribution in [-0.2, 0) is 13.1 Å². The smallest absolute Gasteiger partial charge is 0.266 e. The number of rotatable bonds is 5. The Morgan fingerprint density at radius 1 is 1.21 bits per heavy atom. The Kier molecular flexibility index (Phi) is 3.92. The Bertz CT molecular complexity index is 854. The van der Waals surface area contributed by atoms with Crippen molar-refractivity contribution in [3.63, 3.8) is 0 Å². The van der Waals surface area contributed by atoms with Gasteiger partial charge in [0.25, 0.3) is 5.56 Å². The van der Waals surface area contributed by atoms with Gasteiger partial charge in [-0.25, -0.2) is 4.68 Å². The number of hydrogen-bond acceptors (Lipinski definition) is 6. The first-order chi connectivity index (χ1) is 11.8. The minimum atomic E-state index is -0.0693. The standard InChI is InChI=1S/C17H17N5O2/c23-17-4-3-16(15-2-1-5-18-7-15)20-22(17)11-14-9-21(10-14)8-13-6-19-24-12-13/h1-7,12,14H,8-11H2. The number of nitrogens with zero attached hydrogens (tertiary/aromatic N) is 5. The lowest BCUT2D eigenvalue weighted by atomic mass is 10.00. The summed E-state index contributed by atoms with van der Waals surface area (Å²) in [6.07, 6.45) is 6.87. The molecule has 0 amide bonds. The van der Waals surface area contributed by atoms with E-state index >= 15 is 0 Å². The molecular weight excluding hydrogens is 306 g/mol. The normalized spacial score (nSPS) is 15.3. The zero-order chi connectivity index (χ0) is 16.4. The summed E-state index contributed by atoms with van der Waals surface area (Å²) in [5.74, 6) is 0.430. The second kappa shape index (κ2) is 6.37. The third-order valence-corrected chi connectivity index (χ3v) is 4.18. The molecular formula is C17H17N5O2. The van der Waals surface area contributed by atoms with Crippen LogP contribution in [0.15, 0.2) is 58.4 Å². The van der Waals surface area contributed by atoms with Gasteiger partial charge in [0.1, 0.15) is 6.26 Å². The van der Waals surface area contributed by atoms with Crippen LogP contribution in [0, 0.1) is 5.92 Å². The van der Waals surface area contributed by atoms with E-state index < -0.39 is 0 Å². The molecule has 122 valence electrons. The molecule has 7 heteroatoms. The number of aromatic nitrogens is 4. The molecule has 0 aliphatic carbocycles. The highest BCUT2D eigenvalue weighted by Gasteiger charge is 2.27. The first-order valence-electron chi connectivity index (χ1n) is 7.87. The Morgan fingerprint density at radius 2 is 2.12 bits per heavy atom.